The maximum Gasteiger partial charge on any atom is 0.0593 e. The summed E-state index contributed by atoms with van der Waals surface area (Å²) in [5, 5.41) is 0. The lowest BCUT2D eigenvalue weighted by molar-refractivity contribution is 0.930. The Balaban J connectivity index is 3.71. The molecule has 0 fully saturated rings. The smallest absolute Gasteiger partial charge is 0.0593 e. The molecule has 10 heavy (non-hydrogen) atoms. The highest BCUT2D eigenvalue weighted by Crippen LogP contribution is 2.22. The Morgan fingerprint density at radius 1 is 1.20 bits per heavy atom. The van der Waals surface area contributed by atoms with Crippen LogP contribution in [0.15, 0.2) is 21.1 Å². The molecular formula is C8H12Br2. The molecule has 0 radical (unpaired) electrons. The van der Waals surface area contributed by atoms with E-state index in [1.54, 1.807) is 0 Å². The van der Waals surface area contributed by atoms with E-state index in [0.717, 1.165) is 16.2 Å². The van der Waals surface area contributed by atoms with Crippen LogP contribution in [0.25, 0.3) is 0 Å². The predicted molar refractivity (Wildman–Crippen MR) is 54.6 cm³/mol. The fourth-order valence-corrected chi connectivity index (χ4v) is 0.892. The maximum atomic E-state index is 3.83. The number of rotatable bonds is 3. The van der Waals surface area contributed by atoms with E-state index in [1.807, 2.05) is 0 Å². The Hall–Kier alpha value is 0.440. The van der Waals surface area contributed by atoms with Gasteiger partial charge in [0, 0.05) is 0 Å². The Labute approximate surface area is 79.6 Å². The van der Waals surface area contributed by atoms with Gasteiger partial charge < -0.3 is 0 Å². The van der Waals surface area contributed by atoms with E-state index in [9.17, 15) is 0 Å². The molecule has 0 aromatic carbocycles. The van der Waals surface area contributed by atoms with Crippen LogP contribution in [-0.2, 0) is 0 Å². The van der Waals surface area contributed by atoms with Crippen LogP contribution in [0.3, 0.4) is 0 Å². The summed E-state index contributed by atoms with van der Waals surface area (Å²) in [7, 11) is 0. The molecule has 0 amide bonds. The number of hydrogen-bond acceptors (Lipinski definition) is 0. The van der Waals surface area contributed by atoms with Crippen molar-refractivity contribution < 1.29 is 0 Å². The van der Waals surface area contributed by atoms with E-state index in [-0.39, 0.29) is 0 Å². The molecule has 0 bridgehead atoms. The van der Waals surface area contributed by atoms with Gasteiger partial charge in [0.05, 0.1) is 3.39 Å². The first-order valence-corrected chi connectivity index (χ1v) is 4.77. The van der Waals surface area contributed by atoms with Gasteiger partial charge in [0.1, 0.15) is 0 Å². The zero-order valence-corrected chi connectivity index (χ0v) is 9.55. The van der Waals surface area contributed by atoms with Crippen molar-refractivity contribution in [2.45, 2.75) is 26.7 Å². The highest BCUT2D eigenvalue weighted by atomic mass is 79.9. The Morgan fingerprint density at radius 2 is 1.70 bits per heavy atom. The summed E-state index contributed by atoms with van der Waals surface area (Å²) >= 11 is 6.71. The molecule has 58 valence electrons. The molecule has 0 unspecified atom stereocenters. The fourth-order valence-electron chi connectivity index (χ4n) is 0.495. The lowest BCUT2D eigenvalue weighted by atomic mass is 10.1. The molecule has 0 aliphatic heterocycles. The molecule has 0 nitrogen and oxygen atoms in total. The van der Waals surface area contributed by atoms with Gasteiger partial charge in [0.2, 0.25) is 0 Å². The van der Waals surface area contributed by atoms with Crippen LogP contribution in [0, 0.1) is 0 Å². The van der Waals surface area contributed by atoms with Gasteiger partial charge in [-0.05, 0) is 58.5 Å². The van der Waals surface area contributed by atoms with Crippen LogP contribution in [-0.4, -0.2) is 0 Å². The highest BCUT2D eigenvalue weighted by molar-refractivity contribution is 9.28. The van der Waals surface area contributed by atoms with Crippen LogP contribution in [0.5, 0.6) is 0 Å². The summed E-state index contributed by atoms with van der Waals surface area (Å²) in [6.07, 6.45) is 2.16. The minimum Gasteiger partial charge on any atom is -0.100 e. The largest absolute Gasteiger partial charge is 0.100 e. The molecule has 0 aromatic rings. The van der Waals surface area contributed by atoms with Crippen LogP contribution in [0.4, 0.5) is 0 Å². The Morgan fingerprint density at radius 3 is 2.00 bits per heavy atom. The summed E-state index contributed by atoms with van der Waals surface area (Å²) in [6, 6.07) is 0. The minimum absolute atomic E-state index is 1.07. The van der Waals surface area contributed by atoms with Crippen LogP contribution >= 0.6 is 31.9 Å². The van der Waals surface area contributed by atoms with Crippen molar-refractivity contribution >= 4 is 31.9 Å². The van der Waals surface area contributed by atoms with Crippen molar-refractivity contribution in [2.75, 3.05) is 0 Å². The van der Waals surface area contributed by atoms with Crippen molar-refractivity contribution in [3.63, 3.8) is 0 Å². The summed E-state index contributed by atoms with van der Waals surface area (Å²) in [6.45, 7) is 7.98. The molecule has 0 spiro atoms. The normalized spacial score (nSPS) is 9.20. The molecular weight excluding hydrogens is 256 g/mol. The van der Waals surface area contributed by atoms with Gasteiger partial charge in [0.15, 0.2) is 0 Å². The second kappa shape index (κ2) is 5.14. The molecule has 0 aliphatic rings. The van der Waals surface area contributed by atoms with Crippen LogP contribution in [0.2, 0.25) is 0 Å². The third-order valence-electron chi connectivity index (χ3n) is 1.25. The zero-order valence-electron chi connectivity index (χ0n) is 6.38. The average Bonchev–Trinajstić information content (AvgIpc) is 1.82. The monoisotopic (exact) mass is 266 g/mol. The molecule has 0 saturated heterocycles. The van der Waals surface area contributed by atoms with Crippen molar-refractivity contribution in [1.82, 2.24) is 0 Å². The molecule has 0 heterocycles. The first-order chi connectivity index (χ1) is 4.54. The molecule has 0 N–H and O–H groups in total. The Bertz CT molecular complexity index is 153. The molecule has 2 heteroatoms. The quantitative estimate of drug-likeness (QED) is 0.667. The van der Waals surface area contributed by atoms with Gasteiger partial charge in [-0.25, -0.2) is 0 Å². The van der Waals surface area contributed by atoms with Crippen molar-refractivity contribution in [2.24, 2.45) is 0 Å². The number of halogens is 2. The van der Waals surface area contributed by atoms with Gasteiger partial charge >= 0.3 is 0 Å². The lowest BCUT2D eigenvalue weighted by Crippen LogP contribution is -1.79. The Kier molecular flexibility index (Phi) is 5.36. The second-order valence-electron chi connectivity index (χ2n) is 2.50. The van der Waals surface area contributed by atoms with Gasteiger partial charge in [-0.15, -0.1) is 6.58 Å². The maximum absolute atomic E-state index is 3.83. The first-order valence-electron chi connectivity index (χ1n) is 3.19. The molecule has 0 aromatic heterocycles. The molecule has 0 atom stereocenters. The topological polar surface area (TPSA) is 0 Å². The molecule has 0 saturated carbocycles. The average molecular weight is 268 g/mol. The van der Waals surface area contributed by atoms with E-state index in [2.05, 4.69) is 52.3 Å². The fraction of sp³-hybridized carbons (Fsp3) is 0.500. The van der Waals surface area contributed by atoms with E-state index in [4.69, 9.17) is 0 Å². The minimum atomic E-state index is 1.07. The molecule has 0 aliphatic carbocycles. The van der Waals surface area contributed by atoms with Gasteiger partial charge in [-0.1, -0.05) is 11.1 Å². The van der Waals surface area contributed by atoms with E-state index >= 15 is 0 Å². The van der Waals surface area contributed by atoms with Crippen LogP contribution in [0.1, 0.15) is 26.7 Å². The van der Waals surface area contributed by atoms with E-state index < -0.39 is 0 Å². The lowest BCUT2D eigenvalue weighted by Gasteiger charge is -2.00. The first kappa shape index (κ1) is 10.4. The predicted octanol–water partition coefficient (Wildman–Crippen LogP) is 4.36. The van der Waals surface area contributed by atoms with Gasteiger partial charge in [-0.3, -0.25) is 0 Å². The van der Waals surface area contributed by atoms with Gasteiger partial charge in [-0.2, -0.15) is 0 Å². The number of hydrogen-bond donors (Lipinski definition) is 0. The summed E-state index contributed by atoms with van der Waals surface area (Å²) < 4.78 is 1.07. The standard InChI is InChI=1S/C8H12Br2/c1-6(2)4-5-7(3)8(9)10/h1,4-5H2,2-3H3. The highest BCUT2D eigenvalue weighted by Gasteiger charge is 1.94. The zero-order chi connectivity index (χ0) is 8.15. The third-order valence-corrected chi connectivity index (χ3v) is 2.60. The van der Waals surface area contributed by atoms with Crippen molar-refractivity contribution in [1.29, 1.82) is 0 Å². The van der Waals surface area contributed by atoms with Crippen LogP contribution < -0.4 is 0 Å². The summed E-state index contributed by atoms with van der Waals surface area (Å²) in [4.78, 5) is 0. The van der Waals surface area contributed by atoms with Crippen molar-refractivity contribution in [3.05, 3.63) is 21.1 Å². The van der Waals surface area contributed by atoms with E-state index in [1.165, 1.54) is 11.1 Å². The summed E-state index contributed by atoms with van der Waals surface area (Å²) in [5.41, 5.74) is 2.57. The van der Waals surface area contributed by atoms with Crippen molar-refractivity contribution in [3.8, 4) is 0 Å². The second-order valence-corrected chi connectivity index (χ2v) is 5.15. The third kappa shape index (κ3) is 5.24. The number of allylic oxidation sites excluding steroid dienone is 2. The molecule has 0 rings (SSSR count). The SMILES string of the molecule is C=C(C)CCC(C)=C(Br)Br. The van der Waals surface area contributed by atoms with Gasteiger partial charge in [0.25, 0.3) is 0 Å². The summed E-state index contributed by atoms with van der Waals surface area (Å²) in [5.74, 6) is 0. The van der Waals surface area contributed by atoms with E-state index in [0.29, 0.717) is 0 Å².